The minimum absolute atomic E-state index is 0.159. The van der Waals surface area contributed by atoms with Gasteiger partial charge < -0.3 is 4.90 Å². The van der Waals surface area contributed by atoms with Gasteiger partial charge in [0, 0.05) is 31.5 Å². The van der Waals surface area contributed by atoms with Gasteiger partial charge in [-0.05, 0) is 61.7 Å². The van der Waals surface area contributed by atoms with Gasteiger partial charge in [-0.1, -0.05) is 30.3 Å². The number of pyridine rings is 1. The number of nitrogens with one attached hydrogen (secondary N) is 1. The maximum atomic E-state index is 14.7. The molecule has 6 nitrogen and oxygen atoms in total. The summed E-state index contributed by atoms with van der Waals surface area (Å²) in [5.74, 6) is -1.38. The molecule has 0 bridgehead atoms. The first kappa shape index (κ1) is 23.6. The smallest absolute Gasteiger partial charge is 0.257 e. The molecule has 0 atom stereocenters. The zero-order valence-corrected chi connectivity index (χ0v) is 19.1. The predicted octanol–water partition coefficient (Wildman–Crippen LogP) is 4.06. The molecule has 168 valence electrons. The van der Waals surface area contributed by atoms with E-state index in [9.17, 15) is 17.6 Å². The lowest BCUT2D eigenvalue weighted by atomic mass is 10.1. The van der Waals surface area contributed by atoms with E-state index in [0.717, 1.165) is 34.9 Å². The third-order valence-corrected chi connectivity index (χ3v) is 6.53. The van der Waals surface area contributed by atoms with Gasteiger partial charge in [-0.25, -0.2) is 17.5 Å². The van der Waals surface area contributed by atoms with E-state index in [4.69, 9.17) is 0 Å². The summed E-state index contributed by atoms with van der Waals surface area (Å²) in [4.78, 5) is 18.9. The zero-order chi connectivity index (χ0) is 23.3. The zero-order valence-electron chi connectivity index (χ0n) is 18.2. The van der Waals surface area contributed by atoms with Crippen LogP contribution in [0.5, 0.6) is 0 Å². The van der Waals surface area contributed by atoms with Crippen LogP contribution in [-0.2, 0) is 23.1 Å². The molecule has 32 heavy (non-hydrogen) atoms. The van der Waals surface area contributed by atoms with Crippen molar-refractivity contribution in [1.82, 2.24) is 14.6 Å². The Bertz CT molecular complexity index is 1200. The fourth-order valence-electron chi connectivity index (χ4n) is 3.29. The molecule has 0 unspecified atom stereocenters. The molecule has 0 saturated carbocycles. The minimum Gasteiger partial charge on any atom is -0.330 e. The SMILES string of the molecule is Cc1ccccc1CN(Cc1cccnc1)C(=O)c1cc(S(=O)(=O)NC(C)C)ccc1F. The summed E-state index contributed by atoms with van der Waals surface area (Å²) in [5, 5.41) is 0. The standard InChI is InChI=1S/C24H26FN3O3S/c1-17(2)27-32(30,31)21-10-11-23(25)22(13-21)24(29)28(15-19-8-6-12-26-14-19)16-20-9-5-4-7-18(20)3/h4-14,17,27H,15-16H2,1-3H3. The normalized spacial score (nSPS) is 11.5. The predicted molar refractivity (Wildman–Crippen MR) is 121 cm³/mol. The van der Waals surface area contributed by atoms with E-state index in [-0.39, 0.29) is 29.6 Å². The van der Waals surface area contributed by atoms with E-state index in [2.05, 4.69) is 9.71 Å². The summed E-state index contributed by atoms with van der Waals surface area (Å²) in [6.07, 6.45) is 3.27. The van der Waals surface area contributed by atoms with Crippen LogP contribution >= 0.6 is 0 Å². The van der Waals surface area contributed by atoms with Crippen molar-refractivity contribution >= 4 is 15.9 Å². The second-order valence-electron chi connectivity index (χ2n) is 7.87. The summed E-state index contributed by atoms with van der Waals surface area (Å²) in [6, 6.07) is 14.1. The molecule has 0 aliphatic carbocycles. The molecule has 0 saturated heterocycles. The maximum Gasteiger partial charge on any atom is 0.257 e. The largest absolute Gasteiger partial charge is 0.330 e. The third-order valence-electron chi connectivity index (χ3n) is 4.88. The Morgan fingerprint density at radius 3 is 2.50 bits per heavy atom. The average Bonchev–Trinajstić information content (AvgIpc) is 2.74. The number of aromatic nitrogens is 1. The van der Waals surface area contributed by atoms with Crippen LogP contribution < -0.4 is 4.72 Å². The maximum absolute atomic E-state index is 14.7. The molecule has 2 aromatic carbocycles. The highest BCUT2D eigenvalue weighted by Gasteiger charge is 2.24. The average molecular weight is 456 g/mol. The molecule has 0 spiro atoms. The van der Waals surface area contributed by atoms with Crippen LogP contribution in [0.25, 0.3) is 0 Å². The second-order valence-corrected chi connectivity index (χ2v) is 9.58. The Kier molecular flexibility index (Phi) is 7.37. The van der Waals surface area contributed by atoms with Gasteiger partial charge in [-0.3, -0.25) is 9.78 Å². The molecular formula is C24H26FN3O3S. The van der Waals surface area contributed by atoms with Crippen LogP contribution in [0, 0.1) is 12.7 Å². The highest BCUT2D eigenvalue weighted by molar-refractivity contribution is 7.89. The number of sulfonamides is 1. The molecule has 0 aliphatic rings. The lowest BCUT2D eigenvalue weighted by Gasteiger charge is -2.24. The van der Waals surface area contributed by atoms with E-state index in [1.807, 2.05) is 37.3 Å². The number of rotatable bonds is 8. The third kappa shape index (κ3) is 5.77. The summed E-state index contributed by atoms with van der Waals surface area (Å²) in [7, 11) is -3.88. The van der Waals surface area contributed by atoms with Gasteiger partial charge in [-0.15, -0.1) is 0 Å². The van der Waals surface area contributed by atoms with Crippen molar-refractivity contribution < 1.29 is 17.6 Å². The Labute approximate surface area is 188 Å². The van der Waals surface area contributed by atoms with Gasteiger partial charge in [0.15, 0.2) is 0 Å². The lowest BCUT2D eigenvalue weighted by Crippen LogP contribution is -2.32. The van der Waals surface area contributed by atoms with E-state index in [0.29, 0.717) is 0 Å². The van der Waals surface area contributed by atoms with Crippen LogP contribution in [0.1, 0.15) is 40.9 Å². The Hall–Kier alpha value is -3.10. The number of carbonyl (C=O) groups excluding carboxylic acids is 1. The molecular weight excluding hydrogens is 429 g/mol. The Balaban J connectivity index is 2.00. The van der Waals surface area contributed by atoms with E-state index in [1.165, 1.54) is 4.90 Å². The minimum atomic E-state index is -3.88. The van der Waals surface area contributed by atoms with Crippen molar-refractivity contribution in [3.8, 4) is 0 Å². The second kappa shape index (κ2) is 10.0. The van der Waals surface area contributed by atoms with Crippen molar-refractivity contribution in [3.05, 3.63) is 95.1 Å². The van der Waals surface area contributed by atoms with Crippen LogP contribution in [0.2, 0.25) is 0 Å². The number of nitrogens with zero attached hydrogens (tertiary/aromatic N) is 2. The first-order valence-corrected chi connectivity index (χ1v) is 11.7. The fourth-order valence-corrected chi connectivity index (χ4v) is 4.57. The van der Waals surface area contributed by atoms with Gasteiger partial charge in [0.25, 0.3) is 5.91 Å². The van der Waals surface area contributed by atoms with Crippen molar-refractivity contribution in [1.29, 1.82) is 0 Å². The van der Waals surface area contributed by atoms with E-state index < -0.39 is 21.7 Å². The van der Waals surface area contributed by atoms with Gasteiger partial charge in [0.1, 0.15) is 5.82 Å². The molecule has 1 amide bonds. The van der Waals surface area contributed by atoms with Gasteiger partial charge >= 0.3 is 0 Å². The molecule has 8 heteroatoms. The Morgan fingerprint density at radius 2 is 1.84 bits per heavy atom. The van der Waals surface area contributed by atoms with Gasteiger partial charge in [0.2, 0.25) is 10.0 Å². The number of hydrogen-bond donors (Lipinski definition) is 1. The van der Waals surface area contributed by atoms with Crippen LogP contribution in [0.4, 0.5) is 4.39 Å². The molecule has 0 fully saturated rings. The first-order chi connectivity index (χ1) is 15.2. The number of hydrogen-bond acceptors (Lipinski definition) is 4. The number of amides is 1. The van der Waals surface area contributed by atoms with E-state index in [1.54, 1.807) is 32.3 Å². The molecule has 1 N–H and O–H groups in total. The topological polar surface area (TPSA) is 79.4 Å². The summed E-state index contributed by atoms with van der Waals surface area (Å²) in [6.45, 7) is 5.74. The lowest BCUT2D eigenvalue weighted by molar-refractivity contribution is 0.0724. The van der Waals surface area contributed by atoms with Gasteiger partial charge in [-0.2, -0.15) is 0 Å². The molecule has 3 rings (SSSR count). The van der Waals surface area contributed by atoms with E-state index >= 15 is 0 Å². The molecule has 0 radical (unpaired) electrons. The highest BCUT2D eigenvalue weighted by atomic mass is 32.2. The van der Waals surface area contributed by atoms with Crippen molar-refractivity contribution in [3.63, 3.8) is 0 Å². The molecule has 3 aromatic rings. The Morgan fingerprint density at radius 1 is 1.09 bits per heavy atom. The quantitative estimate of drug-likeness (QED) is 0.556. The van der Waals surface area contributed by atoms with Crippen molar-refractivity contribution in [2.24, 2.45) is 0 Å². The molecule has 1 aromatic heterocycles. The summed E-state index contributed by atoms with van der Waals surface area (Å²) < 4.78 is 42.3. The summed E-state index contributed by atoms with van der Waals surface area (Å²) in [5.41, 5.74) is 2.39. The van der Waals surface area contributed by atoms with Crippen LogP contribution in [0.15, 0.2) is 71.9 Å². The number of carbonyl (C=O) groups is 1. The van der Waals surface area contributed by atoms with Crippen LogP contribution in [0.3, 0.4) is 0 Å². The van der Waals surface area contributed by atoms with Gasteiger partial charge in [0.05, 0.1) is 10.5 Å². The number of halogens is 1. The number of benzene rings is 2. The fraction of sp³-hybridized carbons (Fsp3) is 0.250. The number of aryl methyl sites for hydroxylation is 1. The van der Waals surface area contributed by atoms with Crippen molar-refractivity contribution in [2.45, 2.75) is 44.8 Å². The molecule has 0 aliphatic heterocycles. The van der Waals surface area contributed by atoms with Crippen LogP contribution in [-0.4, -0.2) is 30.3 Å². The summed E-state index contributed by atoms with van der Waals surface area (Å²) >= 11 is 0. The van der Waals surface area contributed by atoms with Crippen molar-refractivity contribution in [2.75, 3.05) is 0 Å². The highest BCUT2D eigenvalue weighted by Crippen LogP contribution is 2.21. The molecule has 1 heterocycles. The monoisotopic (exact) mass is 455 g/mol. The first-order valence-electron chi connectivity index (χ1n) is 10.2.